The average Bonchev–Trinajstić information content (AvgIpc) is 2.09. The smallest absolute Gasteiger partial charge is 0.211 e. The molecule has 68 valence electrons. The van der Waals surface area contributed by atoms with Gasteiger partial charge in [0, 0.05) is 11.6 Å². The summed E-state index contributed by atoms with van der Waals surface area (Å²) in [6.45, 7) is 1.12. The average molecular weight is 187 g/mol. The molecule has 0 N–H and O–H groups in total. The molecule has 0 saturated heterocycles. The molecule has 5 heteroatoms. The highest BCUT2D eigenvalue weighted by molar-refractivity contribution is 5.54. The van der Waals surface area contributed by atoms with Crippen LogP contribution >= 0.6 is 0 Å². The molecule has 0 unspecified atom stereocenters. The first-order valence-corrected chi connectivity index (χ1v) is 3.30. The summed E-state index contributed by atoms with van der Waals surface area (Å²) < 4.78 is 38.1. The summed E-state index contributed by atoms with van der Waals surface area (Å²) in [7, 11) is 0. The Labute approximate surface area is 71.7 Å². The summed E-state index contributed by atoms with van der Waals surface area (Å²) in [5.41, 5.74) is -0.866. The minimum Gasteiger partial charge on any atom is -0.211 e. The van der Waals surface area contributed by atoms with Crippen LogP contribution in [0, 0.1) is 24.4 Å². The van der Waals surface area contributed by atoms with E-state index in [0.29, 0.717) is 6.07 Å². The highest BCUT2D eigenvalue weighted by Gasteiger charge is 2.14. The Morgan fingerprint density at radius 1 is 1.31 bits per heavy atom. The monoisotopic (exact) mass is 187 g/mol. The Balaban J connectivity index is 3.52. The van der Waals surface area contributed by atoms with E-state index in [0.717, 1.165) is 13.0 Å². The van der Waals surface area contributed by atoms with E-state index in [1.54, 1.807) is 0 Å². The van der Waals surface area contributed by atoms with Crippen LogP contribution in [-0.2, 0) is 4.79 Å². The number of hydrogen-bond acceptors (Lipinski definition) is 2. The second kappa shape index (κ2) is 3.41. The van der Waals surface area contributed by atoms with Crippen LogP contribution in [0.15, 0.2) is 11.1 Å². The predicted molar refractivity (Wildman–Crippen MR) is 38.8 cm³/mol. The van der Waals surface area contributed by atoms with Crippen LogP contribution in [0.2, 0.25) is 0 Å². The Kier molecular flexibility index (Phi) is 2.49. The molecule has 1 aromatic rings. The molecule has 2 nitrogen and oxygen atoms in total. The minimum absolute atomic E-state index is 0.332. The first kappa shape index (κ1) is 9.48. The lowest BCUT2D eigenvalue weighted by molar-refractivity contribution is 0.490. The zero-order valence-corrected chi connectivity index (χ0v) is 6.57. The van der Waals surface area contributed by atoms with Crippen LogP contribution < -0.4 is 0 Å². The van der Waals surface area contributed by atoms with Crippen LogP contribution in [0.25, 0.3) is 0 Å². The van der Waals surface area contributed by atoms with E-state index in [2.05, 4.69) is 4.99 Å². The highest BCUT2D eigenvalue weighted by atomic mass is 19.2. The minimum atomic E-state index is -1.31. The Morgan fingerprint density at radius 3 is 2.46 bits per heavy atom. The van der Waals surface area contributed by atoms with Gasteiger partial charge in [-0.2, -0.15) is 4.99 Å². The van der Waals surface area contributed by atoms with Gasteiger partial charge in [0.05, 0.1) is 0 Å². The van der Waals surface area contributed by atoms with Crippen LogP contribution in [0.5, 0.6) is 0 Å². The zero-order valence-electron chi connectivity index (χ0n) is 6.57. The molecule has 0 saturated carbocycles. The second-order valence-corrected chi connectivity index (χ2v) is 2.33. The molecule has 0 aliphatic heterocycles. The van der Waals surface area contributed by atoms with Crippen molar-refractivity contribution in [3.05, 3.63) is 29.1 Å². The molecule has 0 heterocycles. The number of carbonyl (C=O) groups excluding carboxylic acids is 1. The van der Waals surface area contributed by atoms with E-state index < -0.39 is 23.1 Å². The van der Waals surface area contributed by atoms with Crippen LogP contribution in [0.3, 0.4) is 0 Å². The number of halogens is 3. The van der Waals surface area contributed by atoms with E-state index in [4.69, 9.17) is 0 Å². The van der Waals surface area contributed by atoms with Gasteiger partial charge < -0.3 is 0 Å². The van der Waals surface area contributed by atoms with E-state index in [9.17, 15) is 18.0 Å². The van der Waals surface area contributed by atoms with Gasteiger partial charge in [-0.25, -0.2) is 18.0 Å². The van der Waals surface area contributed by atoms with Crippen molar-refractivity contribution < 1.29 is 18.0 Å². The summed E-state index contributed by atoms with van der Waals surface area (Å²) in [4.78, 5) is 12.7. The molecule has 0 fully saturated rings. The van der Waals surface area contributed by atoms with Gasteiger partial charge in [0.1, 0.15) is 5.69 Å². The maximum absolute atomic E-state index is 12.8. The summed E-state index contributed by atoms with van der Waals surface area (Å²) >= 11 is 0. The van der Waals surface area contributed by atoms with Gasteiger partial charge in [-0.05, 0) is 6.92 Å². The summed E-state index contributed by atoms with van der Waals surface area (Å²) in [6, 6.07) is 0.332. The molecule has 1 rings (SSSR count). The van der Waals surface area contributed by atoms with Gasteiger partial charge in [0.2, 0.25) is 6.08 Å². The molecular weight excluding hydrogens is 183 g/mol. The molecule has 0 bridgehead atoms. The molecule has 0 amide bonds. The van der Waals surface area contributed by atoms with Gasteiger partial charge in [0.15, 0.2) is 17.5 Å². The van der Waals surface area contributed by atoms with Crippen molar-refractivity contribution in [3.8, 4) is 0 Å². The lowest BCUT2D eigenvalue weighted by atomic mass is 10.2. The summed E-state index contributed by atoms with van der Waals surface area (Å²) in [5, 5.41) is 0. The number of hydrogen-bond donors (Lipinski definition) is 0. The van der Waals surface area contributed by atoms with Crippen molar-refractivity contribution >= 4 is 11.8 Å². The second-order valence-electron chi connectivity index (χ2n) is 2.33. The summed E-state index contributed by atoms with van der Waals surface area (Å²) in [6.07, 6.45) is 1.06. The van der Waals surface area contributed by atoms with E-state index in [1.165, 1.54) is 0 Å². The number of benzene rings is 1. The van der Waals surface area contributed by atoms with Crippen molar-refractivity contribution in [2.24, 2.45) is 4.99 Å². The highest BCUT2D eigenvalue weighted by Crippen LogP contribution is 2.26. The van der Waals surface area contributed by atoms with Gasteiger partial charge >= 0.3 is 0 Å². The largest absolute Gasteiger partial charge is 0.240 e. The fourth-order valence-corrected chi connectivity index (χ4v) is 0.888. The molecular formula is C8H4F3NO. The van der Waals surface area contributed by atoms with E-state index >= 15 is 0 Å². The lowest BCUT2D eigenvalue weighted by Gasteiger charge is -2.01. The molecule has 0 aliphatic carbocycles. The molecule has 0 aliphatic rings. The van der Waals surface area contributed by atoms with Crippen molar-refractivity contribution in [2.75, 3.05) is 0 Å². The molecule has 13 heavy (non-hydrogen) atoms. The predicted octanol–water partition coefficient (Wildman–Crippen LogP) is 2.38. The van der Waals surface area contributed by atoms with Gasteiger partial charge in [-0.15, -0.1) is 0 Å². The fraction of sp³-hybridized carbons (Fsp3) is 0.125. The fourth-order valence-electron chi connectivity index (χ4n) is 0.888. The van der Waals surface area contributed by atoms with Crippen molar-refractivity contribution in [3.63, 3.8) is 0 Å². The number of aliphatic imine (C=N–C) groups is 1. The van der Waals surface area contributed by atoms with Crippen LogP contribution in [-0.4, -0.2) is 6.08 Å². The molecule has 1 aromatic carbocycles. The maximum atomic E-state index is 12.8. The third kappa shape index (κ3) is 1.60. The Hall–Kier alpha value is -1.61. The van der Waals surface area contributed by atoms with Gasteiger partial charge in [0.25, 0.3) is 0 Å². The Morgan fingerprint density at radius 2 is 1.92 bits per heavy atom. The SMILES string of the molecule is Cc1c(F)c(F)cc(F)c1N=C=O. The van der Waals surface area contributed by atoms with Crippen molar-refractivity contribution in [1.82, 2.24) is 0 Å². The van der Waals surface area contributed by atoms with Crippen LogP contribution in [0.4, 0.5) is 18.9 Å². The topological polar surface area (TPSA) is 29.4 Å². The molecule has 0 aromatic heterocycles. The van der Waals surface area contributed by atoms with E-state index in [1.807, 2.05) is 0 Å². The van der Waals surface area contributed by atoms with Gasteiger partial charge in [-0.1, -0.05) is 0 Å². The van der Waals surface area contributed by atoms with Crippen molar-refractivity contribution in [1.29, 1.82) is 0 Å². The first-order chi connectivity index (χ1) is 6.07. The standard InChI is InChI=1S/C8H4F3NO/c1-4-7(11)5(9)2-6(10)8(4)12-3-13/h2H,1H3. The normalized spacial score (nSPS) is 9.54. The molecule has 0 atom stereocenters. The third-order valence-electron chi connectivity index (χ3n) is 1.53. The molecule has 0 radical (unpaired) electrons. The van der Waals surface area contributed by atoms with E-state index in [-0.39, 0.29) is 5.56 Å². The quantitative estimate of drug-likeness (QED) is 0.377. The lowest BCUT2D eigenvalue weighted by Crippen LogP contribution is -1.92. The number of nitrogens with zero attached hydrogens (tertiary/aromatic N) is 1. The maximum Gasteiger partial charge on any atom is 0.240 e. The van der Waals surface area contributed by atoms with Gasteiger partial charge in [-0.3, -0.25) is 0 Å². The summed E-state index contributed by atoms with van der Waals surface area (Å²) in [5.74, 6) is -3.60. The van der Waals surface area contributed by atoms with Crippen molar-refractivity contribution in [2.45, 2.75) is 6.92 Å². The number of rotatable bonds is 1. The Bertz CT molecular complexity index is 397. The first-order valence-electron chi connectivity index (χ1n) is 3.30. The van der Waals surface area contributed by atoms with Crippen LogP contribution in [0.1, 0.15) is 5.56 Å². The number of isocyanates is 1. The zero-order chi connectivity index (χ0) is 10.0. The third-order valence-corrected chi connectivity index (χ3v) is 1.53. The molecule has 0 spiro atoms.